The highest BCUT2D eigenvalue weighted by molar-refractivity contribution is 7.80. The minimum Gasteiger partial charge on any atom is -0.477 e. The lowest BCUT2D eigenvalue weighted by Gasteiger charge is -2.30. The van der Waals surface area contributed by atoms with Crippen molar-refractivity contribution in [1.82, 2.24) is 10.4 Å². The number of nitrogens with zero attached hydrogens (tertiary/aromatic N) is 1. The number of nitrogens with one attached hydrogen (secondary N) is 1. The molecule has 0 aromatic carbocycles. The summed E-state index contributed by atoms with van der Waals surface area (Å²) in [4.78, 5) is 40.5. The highest BCUT2D eigenvalue weighted by atomic mass is 35.5. The van der Waals surface area contributed by atoms with Crippen LogP contribution in [0, 0.1) is 0 Å². The Morgan fingerprint density at radius 2 is 2.26 bits per heavy atom. The molecule has 11 heteroatoms. The third-order valence-electron chi connectivity index (χ3n) is 3.26. The van der Waals surface area contributed by atoms with Crippen LogP contribution < -0.4 is 5.32 Å². The van der Waals surface area contributed by atoms with Crippen LogP contribution in [-0.4, -0.2) is 51.4 Å². The number of rotatable bonds is 5. The minimum absolute atomic E-state index is 0.119. The van der Waals surface area contributed by atoms with Gasteiger partial charge >= 0.3 is 17.7 Å². The Hall–Kier alpha value is -1.42. The largest absolute Gasteiger partial charge is 0.477 e. The molecule has 1 unspecified atom stereocenters. The second kappa shape index (κ2) is 7.00. The van der Waals surface area contributed by atoms with Gasteiger partial charge in [0.2, 0.25) is 0 Å². The molecule has 0 spiro atoms. The van der Waals surface area contributed by atoms with Gasteiger partial charge in [-0.1, -0.05) is 35.4 Å². The Bertz CT molecular complexity index is 598. The summed E-state index contributed by atoms with van der Waals surface area (Å²) in [5.41, 5.74) is -0.994. The van der Waals surface area contributed by atoms with Gasteiger partial charge in [-0.05, 0) is 0 Å². The molecule has 2 fully saturated rings. The molecule has 0 aromatic heterocycles. The van der Waals surface area contributed by atoms with Crippen molar-refractivity contribution in [3.05, 3.63) is 10.6 Å². The maximum Gasteiger partial charge on any atom is 0.372 e. The van der Waals surface area contributed by atoms with Crippen LogP contribution in [0.4, 0.5) is 0 Å². The molecule has 2 aliphatic rings. The topological polar surface area (TPSA) is 105 Å². The molecule has 0 saturated carbocycles. The molecule has 23 heavy (non-hydrogen) atoms. The van der Waals surface area contributed by atoms with Gasteiger partial charge in [-0.15, -0.1) is 0 Å². The average Bonchev–Trinajstić information content (AvgIpc) is 3.04. The highest BCUT2D eigenvalue weighted by Crippen LogP contribution is 2.34. The number of hydrogen-bond acceptors (Lipinski definition) is 6. The number of cyclic esters (lactones) is 1. The third kappa shape index (κ3) is 3.57. The van der Waals surface area contributed by atoms with E-state index in [1.54, 1.807) is 0 Å². The van der Waals surface area contributed by atoms with Crippen molar-refractivity contribution >= 4 is 58.3 Å². The van der Waals surface area contributed by atoms with Crippen molar-refractivity contribution in [2.75, 3.05) is 6.61 Å². The van der Waals surface area contributed by atoms with Crippen molar-refractivity contribution < 1.29 is 29.1 Å². The summed E-state index contributed by atoms with van der Waals surface area (Å²) in [6.07, 6.45) is -0.180. The van der Waals surface area contributed by atoms with Crippen molar-refractivity contribution in [2.45, 2.75) is 31.0 Å². The zero-order chi connectivity index (χ0) is 17.2. The normalized spacial score (nSPS) is 28.0. The Balaban J connectivity index is 2.08. The number of carbonyl (C=O) groups is 3. The monoisotopic (exact) mass is 382 g/mol. The van der Waals surface area contributed by atoms with E-state index in [0.29, 0.717) is 5.06 Å². The van der Waals surface area contributed by atoms with Crippen LogP contribution in [0.1, 0.15) is 19.3 Å². The van der Waals surface area contributed by atoms with Crippen LogP contribution in [0.5, 0.6) is 0 Å². The first kappa shape index (κ1) is 17.9. The number of ether oxygens (including phenoxy) is 1. The van der Waals surface area contributed by atoms with Gasteiger partial charge in [0.25, 0.3) is 5.91 Å². The van der Waals surface area contributed by atoms with E-state index < -0.39 is 29.6 Å². The van der Waals surface area contributed by atoms with E-state index in [2.05, 4.69) is 5.32 Å². The van der Waals surface area contributed by atoms with Gasteiger partial charge in [0, 0.05) is 23.4 Å². The molecular formula is C12H12Cl2N2O6S. The summed E-state index contributed by atoms with van der Waals surface area (Å²) >= 11 is 16.2. The maximum absolute atomic E-state index is 12.4. The number of esters is 1. The van der Waals surface area contributed by atoms with Crippen molar-refractivity contribution in [2.24, 2.45) is 0 Å². The Labute approximate surface area is 146 Å². The van der Waals surface area contributed by atoms with Gasteiger partial charge in [0.05, 0.1) is 11.4 Å². The molecule has 2 saturated heterocycles. The lowest BCUT2D eigenvalue weighted by atomic mass is 10.1. The summed E-state index contributed by atoms with van der Waals surface area (Å²) in [7, 11) is 0. The molecule has 0 aromatic rings. The number of carboxylic acids is 1. The van der Waals surface area contributed by atoms with Crippen molar-refractivity contribution in [1.29, 1.82) is 0 Å². The first-order valence-corrected chi connectivity index (χ1v) is 7.69. The molecule has 1 amide bonds. The van der Waals surface area contributed by atoms with E-state index in [1.807, 2.05) is 0 Å². The number of thiocarbonyl (C=S) groups is 1. The summed E-state index contributed by atoms with van der Waals surface area (Å²) in [5.74, 6) is -2.89. The first-order valence-electron chi connectivity index (χ1n) is 6.46. The molecule has 2 heterocycles. The number of carbonyl (C=O) groups excluding carboxylic acids is 2. The number of aliphatic carboxylic acids is 1. The van der Waals surface area contributed by atoms with Crippen LogP contribution >= 0.6 is 35.4 Å². The van der Waals surface area contributed by atoms with Gasteiger partial charge in [-0.3, -0.25) is 14.4 Å². The van der Waals surface area contributed by atoms with E-state index >= 15 is 0 Å². The van der Waals surface area contributed by atoms with Gasteiger partial charge < -0.3 is 15.2 Å². The number of amides is 1. The first-order chi connectivity index (χ1) is 10.8. The lowest BCUT2D eigenvalue weighted by molar-refractivity contribution is -0.256. The number of hydroxylamine groups is 2. The maximum atomic E-state index is 12.4. The molecule has 0 aliphatic carbocycles. The van der Waals surface area contributed by atoms with Crippen LogP contribution in [-0.2, 0) is 24.0 Å². The fraction of sp³-hybridized carbons (Fsp3) is 0.500. The number of halogens is 2. The predicted molar refractivity (Wildman–Crippen MR) is 82.4 cm³/mol. The minimum atomic E-state index is -2.14. The molecule has 2 aliphatic heterocycles. The fourth-order valence-electron chi connectivity index (χ4n) is 2.19. The number of hydrogen-bond donors (Lipinski definition) is 2. The quantitative estimate of drug-likeness (QED) is 0.533. The van der Waals surface area contributed by atoms with Crippen molar-refractivity contribution in [3.8, 4) is 0 Å². The second-order valence-electron chi connectivity index (χ2n) is 4.84. The molecule has 126 valence electrons. The van der Waals surface area contributed by atoms with E-state index in [9.17, 15) is 19.5 Å². The number of carboxylic acid groups (broad SMARTS) is 1. The summed E-state index contributed by atoms with van der Waals surface area (Å²) in [6, 6.07) is -0.905. The second-order valence-corrected chi connectivity index (χ2v) is 6.04. The van der Waals surface area contributed by atoms with Crippen LogP contribution in [0.15, 0.2) is 10.6 Å². The summed E-state index contributed by atoms with van der Waals surface area (Å²) in [6.45, 7) is -0.159. The van der Waals surface area contributed by atoms with Gasteiger partial charge in [-0.2, -0.15) is 5.06 Å². The van der Waals surface area contributed by atoms with Crippen LogP contribution in [0.25, 0.3) is 0 Å². The highest BCUT2D eigenvalue weighted by Gasteiger charge is 2.59. The predicted octanol–water partition coefficient (Wildman–Crippen LogP) is 0.873. The Morgan fingerprint density at radius 3 is 2.78 bits per heavy atom. The summed E-state index contributed by atoms with van der Waals surface area (Å²) in [5, 5.41) is 12.9. The van der Waals surface area contributed by atoms with Gasteiger partial charge in [-0.25, -0.2) is 4.79 Å². The third-order valence-corrected chi connectivity index (χ3v) is 4.14. The van der Waals surface area contributed by atoms with E-state index in [4.69, 9.17) is 45.0 Å². The molecule has 8 nitrogen and oxygen atoms in total. The van der Waals surface area contributed by atoms with Crippen LogP contribution in [0.2, 0.25) is 0 Å². The van der Waals surface area contributed by atoms with Crippen molar-refractivity contribution in [3.63, 3.8) is 0 Å². The Morgan fingerprint density at radius 1 is 1.57 bits per heavy atom. The van der Waals surface area contributed by atoms with Gasteiger partial charge in [0.15, 0.2) is 0 Å². The lowest BCUT2D eigenvalue weighted by Crippen LogP contribution is -2.56. The van der Waals surface area contributed by atoms with E-state index in [0.717, 1.165) is 5.54 Å². The fourth-order valence-corrected chi connectivity index (χ4v) is 2.78. The molecule has 0 bridgehead atoms. The molecular weight excluding hydrogens is 371 g/mol. The molecule has 0 radical (unpaired) electrons. The smallest absolute Gasteiger partial charge is 0.372 e. The zero-order valence-electron chi connectivity index (χ0n) is 11.6. The standard InChI is InChI=1S/C12H12Cl2N2O6S/c13-4-6(14)3-8(23)15-7-5-21-16(10(7)18)12(11(19)20)2-1-9(17)22-12/h4,7H,1-3,5H2,(H,15,23)(H,19,20)/b6-4-/t7-,12?/m0/s1. The Kier molecular flexibility index (Phi) is 5.45. The zero-order valence-corrected chi connectivity index (χ0v) is 13.9. The molecule has 2 N–H and O–H groups in total. The summed E-state index contributed by atoms with van der Waals surface area (Å²) < 4.78 is 4.83. The SMILES string of the molecule is O=C1CCC(C(=O)O)(N2OC[C@H](NC(=S)C/C(Cl)=C/Cl)C2=O)O1. The van der Waals surface area contributed by atoms with Crippen LogP contribution in [0.3, 0.4) is 0 Å². The molecule has 2 atom stereocenters. The van der Waals surface area contributed by atoms with Gasteiger partial charge in [0.1, 0.15) is 12.6 Å². The van der Waals surface area contributed by atoms with E-state index in [1.165, 1.54) is 0 Å². The molecule has 2 rings (SSSR count). The van der Waals surface area contributed by atoms with E-state index in [-0.39, 0.29) is 35.9 Å². The average molecular weight is 383 g/mol.